The Bertz CT molecular complexity index is 1230. The Morgan fingerprint density at radius 3 is 2.49 bits per heavy atom. The van der Waals surface area contributed by atoms with Gasteiger partial charge in [-0.1, -0.05) is 6.07 Å². The molecule has 0 spiro atoms. The lowest BCUT2D eigenvalue weighted by Gasteiger charge is -2.37. The zero-order chi connectivity index (χ0) is 24.9. The maximum Gasteiger partial charge on any atom is 0.269 e. The highest BCUT2D eigenvalue weighted by Gasteiger charge is 2.33. The standard InChI is InChI=1S/C25H25N3O6S/c1-33-20-14-17-10-12-27(24(22-4-3-13-35-22)19(17)15-21(20)34-2)23(29)9-11-26-25(30)16-5-7-18(8-6-16)28(31)32/h3-8,13-15,24H,9-12H2,1-2H3,(H,26,30). The number of non-ortho nitro benzene ring substituents is 1. The first-order valence-corrected chi connectivity index (χ1v) is 11.9. The molecule has 0 bridgehead atoms. The minimum absolute atomic E-state index is 0.0761. The normalized spacial score (nSPS) is 14.7. The second-order valence-electron chi connectivity index (χ2n) is 7.97. The van der Waals surface area contributed by atoms with Gasteiger partial charge >= 0.3 is 0 Å². The molecule has 0 aliphatic carbocycles. The summed E-state index contributed by atoms with van der Waals surface area (Å²) in [5.41, 5.74) is 2.32. The Kier molecular flexibility index (Phi) is 7.31. The minimum Gasteiger partial charge on any atom is -0.493 e. The van der Waals surface area contributed by atoms with Crippen LogP contribution in [0.1, 0.15) is 38.8 Å². The SMILES string of the molecule is COc1cc2c(cc1OC)C(c1cccs1)N(C(=O)CCNC(=O)c1ccc([N+](=O)[O-])cc1)CC2. The van der Waals surface area contributed by atoms with Crippen LogP contribution in [0.25, 0.3) is 0 Å². The zero-order valence-corrected chi connectivity index (χ0v) is 20.2. The molecule has 0 radical (unpaired) electrons. The maximum absolute atomic E-state index is 13.3. The van der Waals surface area contributed by atoms with Crippen LogP contribution in [0.4, 0.5) is 5.69 Å². The summed E-state index contributed by atoms with van der Waals surface area (Å²) in [4.78, 5) is 38.8. The van der Waals surface area contributed by atoms with Crippen LogP contribution in [0.2, 0.25) is 0 Å². The highest BCUT2D eigenvalue weighted by atomic mass is 32.1. The largest absolute Gasteiger partial charge is 0.493 e. The van der Waals surface area contributed by atoms with E-state index in [4.69, 9.17) is 9.47 Å². The number of hydrogen-bond donors (Lipinski definition) is 1. The quantitative estimate of drug-likeness (QED) is 0.374. The van der Waals surface area contributed by atoms with Gasteiger partial charge in [-0.2, -0.15) is 0 Å². The molecule has 4 rings (SSSR count). The number of nitrogens with zero attached hydrogens (tertiary/aromatic N) is 2. The van der Waals surface area contributed by atoms with Gasteiger partial charge in [0.1, 0.15) is 0 Å². The van der Waals surface area contributed by atoms with E-state index in [1.807, 2.05) is 34.5 Å². The number of nitrogens with one attached hydrogen (secondary N) is 1. The third kappa shape index (κ3) is 5.12. The van der Waals surface area contributed by atoms with Crippen LogP contribution in [0, 0.1) is 10.1 Å². The highest BCUT2D eigenvalue weighted by Crippen LogP contribution is 2.42. The summed E-state index contributed by atoms with van der Waals surface area (Å²) in [5.74, 6) is 0.804. The van der Waals surface area contributed by atoms with E-state index in [9.17, 15) is 19.7 Å². The van der Waals surface area contributed by atoms with E-state index < -0.39 is 4.92 Å². The molecule has 9 nitrogen and oxygen atoms in total. The fraction of sp³-hybridized carbons (Fsp3) is 0.280. The number of hydrogen-bond acceptors (Lipinski definition) is 7. The molecular weight excluding hydrogens is 470 g/mol. The second kappa shape index (κ2) is 10.6. The van der Waals surface area contributed by atoms with Crippen molar-refractivity contribution in [2.45, 2.75) is 18.9 Å². The molecule has 2 aromatic carbocycles. The fourth-order valence-corrected chi connectivity index (χ4v) is 5.09. The second-order valence-corrected chi connectivity index (χ2v) is 8.95. The average Bonchev–Trinajstić information content (AvgIpc) is 3.41. The molecule has 3 aromatic rings. The van der Waals surface area contributed by atoms with Crippen LogP contribution in [0.3, 0.4) is 0 Å². The third-order valence-electron chi connectivity index (χ3n) is 5.97. The molecule has 2 heterocycles. The van der Waals surface area contributed by atoms with E-state index in [0.717, 1.165) is 16.0 Å². The highest BCUT2D eigenvalue weighted by molar-refractivity contribution is 7.10. The van der Waals surface area contributed by atoms with Crippen molar-refractivity contribution in [1.29, 1.82) is 0 Å². The summed E-state index contributed by atoms with van der Waals surface area (Å²) in [5, 5.41) is 15.5. The predicted molar refractivity (Wildman–Crippen MR) is 131 cm³/mol. The number of rotatable bonds is 8. The lowest BCUT2D eigenvalue weighted by Crippen LogP contribution is -2.41. The van der Waals surface area contributed by atoms with Gasteiger partial charge in [-0.05, 0) is 53.3 Å². The molecule has 35 heavy (non-hydrogen) atoms. The van der Waals surface area contributed by atoms with Crippen molar-refractivity contribution < 1.29 is 24.0 Å². The van der Waals surface area contributed by atoms with Gasteiger partial charge < -0.3 is 19.7 Å². The molecule has 1 atom stereocenters. The monoisotopic (exact) mass is 495 g/mol. The molecule has 1 N–H and O–H groups in total. The van der Waals surface area contributed by atoms with Crippen molar-refractivity contribution in [2.24, 2.45) is 0 Å². The lowest BCUT2D eigenvalue weighted by atomic mass is 9.90. The molecular formula is C25H25N3O6S. The molecule has 10 heteroatoms. The van der Waals surface area contributed by atoms with Crippen molar-refractivity contribution in [1.82, 2.24) is 10.2 Å². The van der Waals surface area contributed by atoms with E-state index in [-0.39, 0.29) is 36.5 Å². The fourth-order valence-electron chi connectivity index (χ4n) is 4.23. The molecule has 182 valence electrons. The number of ether oxygens (including phenoxy) is 2. The first-order chi connectivity index (χ1) is 16.9. The summed E-state index contributed by atoms with van der Waals surface area (Å²) in [6.07, 6.45) is 0.807. The van der Waals surface area contributed by atoms with Gasteiger partial charge in [0.05, 0.1) is 25.2 Å². The first kappa shape index (κ1) is 24.2. The number of nitro benzene ring substituents is 1. The van der Waals surface area contributed by atoms with Crippen LogP contribution in [-0.2, 0) is 11.2 Å². The zero-order valence-electron chi connectivity index (χ0n) is 19.4. The van der Waals surface area contributed by atoms with Crippen molar-refractivity contribution in [2.75, 3.05) is 27.3 Å². The predicted octanol–water partition coefficient (Wildman–Crippen LogP) is 3.97. The Hall–Kier alpha value is -3.92. The summed E-state index contributed by atoms with van der Waals surface area (Å²) in [6.45, 7) is 0.696. The average molecular weight is 496 g/mol. The maximum atomic E-state index is 13.3. The van der Waals surface area contributed by atoms with Crippen LogP contribution in [0.15, 0.2) is 53.9 Å². The summed E-state index contributed by atoms with van der Waals surface area (Å²) < 4.78 is 11.0. The summed E-state index contributed by atoms with van der Waals surface area (Å²) >= 11 is 1.58. The smallest absolute Gasteiger partial charge is 0.269 e. The molecule has 2 amide bonds. The van der Waals surface area contributed by atoms with Gasteiger partial charge in [0.25, 0.3) is 11.6 Å². The Balaban J connectivity index is 1.48. The Morgan fingerprint density at radius 1 is 1.14 bits per heavy atom. The number of thiophene rings is 1. The number of amides is 2. The Morgan fingerprint density at radius 2 is 1.86 bits per heavy atom. The van der Waals surface area contributed by atoms with E-state index >= 15 is 0 Å². The minimum atomic E-state index is -0.521. The summed E-state index contributed by atoms with van der Waals surface area (Å²) in [6, 6.07) is 13.0. The number of methoxy groups -OCH3 is 2. The van der Waals surface area contributed by atoms with Crippen LogP contribution in [0.5, 0.6) is 11.5 Å². The van der Waals surface area contributed by atoms with Gasteiger partial charge in [-0.15, -0.1) is 11.3 Å². The van der Waals surface area contributed by atoms with E-state index in [1.165, 1.54) is 24.3 Å². The van der Waals surface area contributed by atoms with Crippen LogP contribution < -0.4 is 14.8 Å². The van der Waals surface area contributed by atoms with Crippen molar-refractivity contribution in [3.63, 3.8) is 0 Å². The van der Waals surface area contributed by atoms with E-state index in [0.29, 0.717) is 30.0 Å². The van der Waals surface area contributed by atoms with Crippen molar-refractivity contribution in [3.8, 4) is 11.5 Å². The van der Waals surface area contributed by atoms with Gasteiger partial charge in [-0.3, -0.25) is 19.7 Å². The number of carbonyl (C=O) groups is 2. The topological polar surface area (TPSA) is 111 Å². The van der Waals surface area contributed by atoms with Gasteiger partial charge in [0.2, 0.25) is 5.91 Å². The van der Waals surface area contributed by atoms with E-state index in [2.05, 4.69) is 5.32 Å². The van der Waals surface area contributed by atoms with Crippen molar-refractivity contribution >= 4 is 28.8 Å². The van der Waals surface area contributed by atoms with Gasteiger partial charge in [-0.25, -0.2) is 0 Å². The number of benzene rings is 2. The molecule has 0 saturated heterocycles. The first-order valence-electron chi connectivity index (χ1n) is 11.0. The lowest BCUT2D eigenvalue weighted by molar-refractivity contribution is -0.384. The molecule has 1 aliphatic heterocycles. The van der Waals surface area contributed by atoms with Gasteiger partial charge in [0, 0.05) is 42.1 Å². The third-order valence-corrected chi connectivity index (χ3v) is 6.90. The van der Waals surface area contributed by atoms with Crippen LogP contribution >= 0.6 is 11.3 Å². The van der Waals surface area contributed by atoms with E-state index in [1.54, 1.807) is 25.6 Å². The molecule has 0 fully saturated rings. The number of nitro groups is 1. The Labute approximate surface area is 206 Å². The number of carbonyl (C=O) groups excluding carboxylic acids is 2. The molecule has 1 unspecified atom stereocenters. The van der Waals surface area contributed by atoms with Crippen molar-refractivity contribution in [3.05, 3.63) is 85.6 Å². The van der Waals surface area contributed by atoms with Crippen LogP contribution in [-0.4, -0.2) is 48.9 Å². The molecule has 0 saturated carbocycles. The molecule has 1 aliphatic rings. The van der Waals surface area contributed by atoms with Gasteiger partial charge in [0.15, 0.2) is 11.5 Å². The summed E-state index contributed by atoms with van der Waals surface area (Å²) in [7, 11) is 3.19. The number of fused-ring (bicyclic) bond motifs is 1. The molecule has 1 aromatic heterocycles.